The molecule has 110 valence electrons. The molecule has 0 aromatic heterocycles. The summed E-state index contributed by atoms with van der Waals surface area (Å²) in [6.45, 7) is 0.968. The summed E-state index contributed by atoms with van der Waals surface area (Å²) in [7, 11) is 1.60. The van der Waals surface area contributed by atoms with Crippen molar-refractivity contribution >= 4 is 5.69 Å². The lowest BCUT2D eigenvalue weighted by molar-refractivity contribution is -0.387. The molecule has 0 spiro atoms. The number of hydrogen-bond donors (Lipinski definition) is 1. The second kappa shape index (κ2) is 6.81. The first-order chi connectivity index (χ1) is 10.1. The number of benzene rings is 2. The van der Waals surface area contributed by atoms with E-state index in [-0.39, 0.29) is 0 Å². The SMILES string of the molecule is COc1ccccc1CNCc1ccc([N+](=O)[O-])c(F)c1. The minimum Gasteiger partial charge on any atom is -0.496 e. The average molecular weight is 290 g/mol. The molecule has 0 saturated heterocycles. The standard InChI is InChI=1S/C15H15FN2O3/c1-21-15-5-3-2-4-12(15)10-17-9-11-6-7-14(18(19)20)13(16)8-11/h2-8,17H,9-10H2,1H3. The normalized spacial score (nSPS) is 10.4. The Labute approximate surface area is 121 Å². The fourth-order valence-corrected chi connectivity index (χ4v) is 2.00. The van der Waals surface area contributed by atoms with Crippen LogP contribution in [0.4, 0.5) is 10.1 Å². The molecule has 0 radical (unpaired) electrons. The second-order valence-corrected chi connectivity index (χ2v) is 4.46. The topological polar surface area (TPSA) is 64.4 Å². The number of ether oxygens (including phenoxy) is 1. The first-order valence-electron chi connectivity index (χ1n) is 6.37. The van der Waals surface area contributed by atoms with Gasteiger partial charge in [0.15, 0.2) is 0 Å². The lowest BCUT2D eigenvalue weighted by atomic mass is 10.1. The maximum atomic E-state index is 13.5. The van der Waals surface area contributed by atoms with Gasteiger partial charge in [-0.1, -0.05) is 24.3 Å². The summed E-state index contributed by atoms with van der Waals surface area (Å²) in [6.07, 6.45) is 0. The summed E-state index contributed by atoms with van der Waals surface area (Å²) in [5.74, 6) is -0.0449. The molecule has 2 aromatic rings. The summed E-state index contributed by atoms with van der Waals surface area (Å²) in [6, 6.07) is 11.5. The van der Waals surface area contributed by atoms with Crippen LogP contribution in [0.15, 0.2) is 42.5 Å². The van der Waals surface area contributed by atoms with Crippen molar-refractivity contribution in [3.8, 4) is 5.75 Å². The number of nitro groups is 1. The predicted octanol–water partition coefficient (Wildman–Crippen LogP) is 3.03. The van der Waals surface area contributed by atoms with Gasteiger partial charge in [0.05, 0.1) is 12.0 Å². The first kappa shape index (κ1) is 14.9. The van der Waals surface area contributed by atoms with E-state index in [1.165, 1.54) is 18.2 Å². The highest BCUT2D eigenvalue weighted by Crippen LogP contribution is 2.19. The van der Waals surface area contributed by atoms with E-state index in [2.05, 4.69) is 5.32 Å². The highest BCUT2D eigenvalue weighted by molar-refractivity contribution is 5.35. The molecule has 0 atom stereocenters. The molecule has 21 heavy (non-hydrogen) atoms. The molecule has 0 aliphatic carbocycles. The van der Waals surface area contributed by atoms with Gasteiger partial charge in [-0.25, -0.2) is 0 Å². The molecule has 0 amide bonds. The Morgan fingerprint density at radius 2 is 2.00 bits per heavy atom. The fourth-order valence-electron chi connectivity index (χ4n) is 2.00. The van der Waals surface area contributed by atoms with Crippen molar-refractivity contribution in [2.45, 2.75) is 13.1 Å². The molecule has 0 aliphatic heterocycles. The Bertz CT molecular complexity index is 647. The molecule has 0 aliphatic rings. The van der Waals surface area contributed by atoms with Gasteiger partial charge in [-0.2, -0.15) is 4.39 Å². The summed E-state index contributed by atoms with van der Waals surface area (Å²) in [4.78, 5) is 9.80. The van der Waals surface area contributed by atoms with Crippen LogP contribution in [0.5, 0.6) is 5.75 Å². The minimum absolute atomic E-state index is 0.410. The minimum atomic E-state index is -0.823. The van der Waals surface area contributed by atoms with Crippen LogP contribution in [0.25, 0.3) is 0 Å². The molecule has 0 bridgehead atoms. The smallest absolute Gasteiger partial charge is 0.304 e. The summed E-state index contributed by atoms with van der Waals surface area (Å²) in [5, 5.41) is 13.7. The maximum absolute atomic E-state index is 13.5. The van der Waals surface area contributed by atoms with E-state index >= 15 is 0 Å². The molecular weight excluding hydrogens is 275 g/mol. The third kappa shape index (κ3) is 3.76. The van der Waals surface area contributed by atoms with Gasteiger partial charge in [-0.05, 0) is 17.7 Å². The average Bonchev–Trinajstić information content (AvgIpc) is 2.47. The second-order valence-electron chi connectivity index (χ2n) is 4.46. The van der Waals surface area contributed by atoms with Crippen molar-refractivity contribution < 1.29 is 14.1 Å². The van der Waals surface area contributed by atoms with Gasteiger partial charge >= 0.3 is 5.69 Å². The number of nitrogens with one attached hydrogen (secondary N) is 1. The third-order valence-electron chi connectivity index (χ3n) is 3.05. The molecule has 0 saturated carbocycles. The quantitative estimate of drug-likeness (QED) is 0.656. The Hall–Kier alpha value is -2.47. The third-order valence-corrected chi connectivity index (χ3v) is 3.05. The molecule has 6 heteroatoms. The van der Waals surface area contributed by atoms with E-state index in [4.69, 9.17) is 4.74 Å². The van der Waals surface area contributed by atoms with E-state index in [0.29, 0.717) is 18.7 Å². The number of hydrogen-bond acceptors (Lipinski definition) is 4. The largest absolute Gasteiger partial charge is 0.496 e. The fraction of sp³-hybridized carbons (Fsp3) is 0.200. The molecule has 2 aromatic carbocycles. The number of nitro benzene ring substituents is 1. The van der Waals surface area contributed by atoms with Gasteiger partial charge in [0.25, 0.3) is 0 Å². The van der Waals surface area contributed by atoms with Crippen LogP contribution in [0.1, 0.15) is 11.1 Å². The number of halogens is 1. The summed E-state index contributed by atoms with van der Waals surface area (Å²) in [5.41, 5.74) is 1.12. The van der Waals surface area contributed by atoms with Crippen molar-refractivity contribution in [1.82, 2.24) is 5.32 Å². The first-order valence-corrected chi connectivity index (χ1v) is 6.37. The number of rotatable bonds is 6. The Balaban J connectivity index is 1.97. The Morgan fingerprint density at radius 1 is 1.24 bits per heavy atom. The Morgan fingerprint density at radius 3 is 2.67 bits per heavy atom. The highest BCUT2D eigenvalue weighted by Gasteiger charge is 2.13. The zero-order valence-corrected chi connectivity index (χ0v) is 11.5. The number of para-hydroxylation sites is 1. The molecule has 5 nitrogen and oxygen atoms in total. The predicted molar refractivity (Wildman–Crippen MR) is 76.6 cm³/mol. The molecular formula is C15H15FN2O3. The van der Waals surface area contributed by atoms with Crippen LogP contribution in [0.3, 0.4) is 0 Å². The Kier molecular flexibility index (Phi) is 4.84. The van der Waals surface area contributed by atoms with Gasteiger partial charge < -0.3 is 10.1 Å². The van der Waals surface area contributed by atoms with E-state index in [9.17, 15) is 14.5 Å². The summed E-state index contributed by atoms with van der Waals surface area (Å²) >= 11 is 0. The van der Waals surface area contributed by atoms with Crippen molar-refractivity contribution in [2.75, 3.05) is 7.11 Å². The van der Waals surface area contributed by atoms with Gasteiger partial charge in [0.1, 0.15) is 5.75 Å². The van der Waals surface area contributed by atoms with Gasteiger partial charge in [-0.15, -0.1) is 0 Å². The zero-order valence-electron chi connectivity index (χ0n) is 11.5. The van der Waals surface area contributed by atoms with Crippen molar-refractivity contribution in [2.24, 2.45) is 0 Å². The molecule has 0 heterocycles. The van der Waals surface area contributed by atoms with E-state index < -0.39 is 16.4 Å². The molecule has 1 N–H and O–H groups in total. The number of nitrogens with zero attached hydrogens (tertiary/aromatic N) is 1. The molecule has 0 unspecified atom stereocenters. The maximum Gasteiger partial charge on any atom is 0.304 e. The summed E-state index contributed by atoms with van der Waals surface area (Å²) < 4.78 is 18.7. The zero-order chi connectivity index (χ0) is 15.2. The molecule has 2 rings (SSSR count). The van der Waals surface area contributed by atoms with E-state index in [0.717, 1.165) is 11.3 Å². The van der Waals surface area contributed by atoms with Crippen LogP contribution in [-0.2, 0) is 13.1 Å². The monoisotopic (exact) mass is 290 g/mol. The van der Waals surface area contributed by atoms with Crippen molar-refractivity contribution in [3.05, 3.63) is 69.5 Å². The van der Waals surface area contributed by atoms with Crippen LogP contribution >= 0.6 is 0 Å². The number of methoxy groups -OCH3 is 1. The van der Waals surface area contributed by atoms with Crippen LogP contribution < -0.4 is 10.1 Å². The van der Waals surface area contributed by atoms with Crippen molar-refractivity contribution in [1.29, 1.82) is 0 Å². The van der Waals surface area contributed by atoms with E-state index in [1.54, 1.807) is 7.11 Å². The van der Waals surface area contributed by atoms with Gasteiger partial charge in [-0.3, -0.25) is 10.1 Å². The van der Waals surface area contributed by atoms with E-state index in [1.807, 2.05) is 24.3 Å². The van der Waals surface area contributed by atoms with Crippen LogP contribution in [-0.4, -0.2) is 12.0 Å². The van der Waals surface area contributed by atoms with Gasteiger partial charge in [0.2, 0.25) is 5.82 Å². The molecule has 0 fully saturated rings. The van der Waals surface area contributed by atoms with Gasteiger partial charge in [0, 0.05) is 24.7 Å². The highest BCUT2D eigenvalue weighted by atomic mass is 19.1. The van der Waals surface area contributed by atoms with Crippen LogP contribution in [0.2, 0.25) is 0 Å². The lowest BCUT2D eigenvalue weighted by Crippen LogP contribution is -2.13. The van der Waals surface area contributed by atoms with Crippen molar-refractivity contribution in [3.63, 3.8) is 0 Å². The lowest BCUT2D eigenvalue weighted by Gasteiger charge is -2.09. The van der Waals surface area contributed by atoms with Crippen LogP contribution in [0, 0.1) is 15.9 Å².